The van der Waals surface area contributed by atoms with Gasteiger partial charge in [0.15, 0.2) is 0 Å². The van der Waals surface area contributed by atoms with Gasteiger partial charge in [-0.15, -0.1) is 13.2 Å². The third kappa shape index (κ3) is 5.21. The van der Waals surface area contributed by atoms with Crippen LogP contribution in [-0.2, 0) is 0 Å². The van der Waals surface area contributed by atoms with E-state index >= 15 is 0 Å². The van der Waals surface area contributed by atoms with Crippen LogP contribution in [0.15, 0.2) is 47.7 Å². The lowest BCUT2D eigenvalue weighted by molar-refractivity contribution is -0.274. The predicted octanol–water partition coefficient (Wildman–Crippen LogP) is 5.17. The van der Waals surface area contributed by atoms with E-state index in [2.05, 4.69) is 10.1 Å². The molecule has 0 aliphatic carbocycles. The molecule has 9 heteroatoms. The van der Waals surface area contributed by atoms with E-state index in [4.69, 9.17) is 0 Å². The average molecular weight is 406 g/mol. The highest BCUT2D eigenvalue weighted by molar-refractivity contribution is 5.57. The lowest BCUT2D eigenvalue weighted by Crippen LogP contribution is -2.32. The average Bonchev–Trinajstić information content (AvgIpc) is 2.85. The first-order valence-corrected chi connectivity index (χ1v) is 8.96. The fraction of sp³-hybridized carbons (Fsp3) is 0.474. The topological polar surface area (TPSA) is 24.5 Å². The van der Waals surface area contributed by atoms with Gasteiger partial charge in [-0.3, -0.25) is 0 Å². The largest absolute Gasteiger partial charge is 0.573 e. The smallest absolute Gasteiger partial charge is 0.406 e. The van der Waals surface area contributed by atoms with Crippen molar-refractivity contribution in [2.45, 2.75) is 31.8 Å². The van der Waals surface area contributed by atoms with Crippen LogP contribution in [0.25, 0.3) is 0 Å². The number of anilines is 1. The maximum atomic E-state index is 13.8. The molecule has 0 amide bonds. The Morgan fingerprint density at radius 2 is 1.61 bits per heavy atom. The Labute approximate surface area is 158 Å². The zero-order valence-electron chi connectivity index (χ0n) is 14.9. The molecule has 0 atom stereocenters. The zero-order chi connectivity index (χ0) is 20.4. The summed E-state index contributed by atoms with van der Waals surface area (Å²) in [7, 11) is 0. The zero-order valence-corrected chi connectivity index (χ0v) is 14.9. The summed E-state index contributed by atoms with van der Waals surface area (Å²) in [5.41, 5.74) is 0.0330. The first-order valence-electron chi connectivity index (χ1n) is 8.96. The van der Waals surface area contributed by atoms with E-state index in [0.717, 1.165) is 43.0 Å². The summed E-state index contributed by atoms with van der Waals surface area (Å²) in [6.07, 6.45) is -4.46. The number of nitrogens with one attached hydrogen (secondary N) is 1. The SMILES string of the molecule is FC(F)(F)Oc1ccc(N2CCC=C(C3CCNCC3)C=C2C(F)(F)F)cc1. The van der Waals surface area contributed by atoms with Crippen LogP contribution in [-0.4, -0.2) is 32.2 Å². The molecule has 3 nitrogen and oxygen atoms in total. The molecule has 0 bridgehead atoms. The summed E-state index contributed by atoms with van der Waals surface area (Å²) in [6.45, 7) is 1.61. The molecule has 1 aromatic carbocycles. The second kappa shape index (κ2) is 8.06. The molecule has 0 saturated carbocycles. The van der Waals surface area contributed by atoms with Gasteiger partial charge in [0.1, 0.15) is 11.4 Å². The minimum absolute atomic E-state index is 0.0705. The van der Waals surface area contributed by atoms with Crippen LogP contribution < -0.4 is 15.0 Å². The van der Waals surface area contributed by atoms with Gasteiger partial charge in [0.25, 0.3) is 0 Å². The molecule has 0 spiro atoms. The van der Waals surface area contributed by atoms with Crippen LogP contribution in [0.4, 0.5) is 32.0 Å². The number of benzene rings is 1. The molecule has 1 aromatic rings. The molecule has 0 radical (unpaired) electrons. The molecule has 154 valence electrons. The first-order chi connectivity index (χ1) is 13.1. The number of allylic oxidation sites excluding steroid dienone is 3. The summed E-state index contributed by atoms with van der Waals surface area (Å²) in [4.78, 5) is 1.10. The van der Waals surface area contributed by atoms with Crippen molar-refractivity contribution in [1.29, 1.82) is 0 Å². The third-order valence-corrected chi connectivity index (χ3v) is 4.81. The van der Waals surface area contributed by atoms with Gasteiger partial charge in [-0.2, -0.15) is 13.2 Å². The Kier molecular flexibility index (Phi) is 5.92. The highest BCUT2D eigenvalue weighted by Crippen LogP contribution is 2.37. The van der Waals surface area contributed by atoms with Crippen molar-refractivity contribution in [2.75, 3.05) is 24.5 Å². The van der Waals surface area contributed by atoms with Crippen molar-refractivity contribution in [3.05, 3.63) is 47.7 Å². The molecule has 1 N–H and O–H groups in total. The van der Waals surface area contributed by atoms with Gasteiger partial charge in [0.2, 0.25) is 0 Å². The van der Waals surface area contributed by atoms with Gasteiger partial charge in [-0.25, -0.2) is 0 Å². The van der Waals surface area contributed by atoms with E-state index in [1.807, 2.05) is 6.08 Å². The third-order valence-electron chi connectivity index (χ3n) is 4.81. The molecule has 2 heterocycles. The van der Waals surface area contributed by atoms with Crippen molar-refractivity contribution in [2.24, 2.45) is 5.92 Å². The van der Waals surface area contributed by atoms with E-state index in [0.29, 0.717) is 12.0 Å². The molecule has 1 fully saturated rings. The van der Waals surface area contributed by atoms with Gasteiger partial charge in [-0.1, -0.05) is 6.08 Å². The molecule has 2 aliphatic heterocycles. The van der Waals surface area contributed by atoms with E-state index in [9.17, 15) is 26.3 Å². The van der Waals surface area contributed by atoms with Gasteiger partial charge < -0.3 is 15.0 Å². The Balaban J connectivity index is 1.87. The molecular weight excluding hydrogens is 386 g/mol. The van der Waals surface area contributed by atoms with Crippen LogP contribution in [0.1, 0.15) is 19.3 Å². The highest BCUT2D eigenvalue weighted by atomic mass is 19.4. The lowest BCUT2D eigenvalue weighted by Gasteiger charge is -2.28. The van der Waals surface area contributed by atoms with Gasteiger partial charge >= 0.3 is 12.5 Å². The standard InChI is InChI=1S/C19H20F6N2O/c20-18(21,22)17-12-14(13-7-9-26-10-8-13)2-1-11-27(17)15-3-5-16(6-4-15)28-19(23,24)25/h2-6,12-13,26H,1,7-11H2. The molecule has 28 heavy (non-hydrogen) atoms. The molecule has 0 unspecified atom stereocenters. The van der Waals surface area contributed by atoms with E-state index in [-0.39, 0.29) is 18.2 Å². The number of alkyl halides is 6. The minimum atomic E-state index is -4.85. The van der Waals surface area contributed by atoms with Crippen LogP contribution in [0.2, 0.25) is 0 Å². The van der Waals surface area contributed by atoms with Crippen molar-refractivity contribution < 1.29 is 31.1 Å². The summed E-state index contributed by atoms with van der Waals surface area (Å²) in [5, 5.41) is 3.19. The number of ether oxygens (including phenoxy) is 1. The Morgan fingerprint density at radius 3 is 2.18 bits per heavy atom. The quantitative estimate of drug-likeness (QED) is 0.702. The Hall–Kier alpha value is -2.16. The van der Waals surface area contributed by atoms with Crippen LogP contribution >= 0.6 is 0 Å². The fourth-order valence-electron chi connectivity index (χ4n) is 3.55. The Bertz CT molecular complexity index is 730. The van der Waals surface area contributed by atoms with Gasteiger partial charge in [0.05, 0.1) is 0 Å². The minimum Gasteiger partial charge on any atom is -0.406 e. The second-order valence-corrected chi connectivity index (χ2v) is 6.74. The summed E-state index contributed by atoms with van der Waals surface area (Å²) < 4.78 is 82.0. The van der Waals surface area contributed by atoms with Gasteiger partial charge in [0, 0.05) is 12.2 Å². The molecule has 3 rings (SSSR count). The number of rotatable bonds is 3. The highest BCUT2D eigenvalue weighted by Gasteiger charge is 2.39. The fourth-order valence-corrected chi connectivity index (χ4v) is 3.55. The number of piperidine rings is 1. The Morgan fingerprint density at radius 1 is 0.964 bits per heavy atom. The normalized spacial score (nSPS) is 19.7. The van der Waals surface area contributed by atoms with E-state index in [1.54, 1.807) is 0 Å². The monoisotopic (exact) mass is 406 g/mol. The lowest BCUT2D eigenvalue weighted by atomic mass is 9.89. The number of halogens is 6. The summed E-state index contributed by atoms with van der Waals surface area (Å²) in [6, 6.07) is 4.44. The van der Waals surface area contributed by atoms with E-state index in [1.165, 1.54) is 18.2 Å². The van der Waals surface area contributed by atoms with Crippen molar-refractivity contribution in [3.8, 4) is 5.75 Å². The maximum absolute atomic E-state index is 13.8. The van der Waals surface area contributed by atoms with Crippen molar-refractivity contribution in [3.63, 3.8) is 0 Å². The van der Waals surface area contributed by atoms with E-state index < -0.39 is 24.0 Å². The van der Waals surface area contributed by atoms with Gasteiger partial charge in [-0.05, 0) is 74.2 Å². The van der Waals surface area contributed by atoms with Crippen molar-refractivity contribution >= 4 is 5.69 Å². The summed E-state index contributed by atoms with van der Waals surface area (Å²) in [5.74, 6) is -0.404. The molecule has 2 aliphatic rings. The predicted molar refractivity (Wildman–Crippen MR) is 92.9 cm³/mol. The summed E-state index contributed by atoms with van der Waals surface area (Å²) >= 11 is 0. The van der Waals surface area contributed by atoms with Crippen LogP contribution in [0.3, 0.4) is 0 Å². The molecular formula is C19H20F6N2O. The maximum Gasteiger partial charge on any atom is 0.573 e. The second-order valence-electron chi connectivity index (χ2n) is 6.74. The number of hydrogen-bond donors (Lipinski definition) is 1. The number of hydrogen-bond acceptors (Lipinski definition) is 3. The molecule has 1 saturated heterocycles. The first kappa shape index (κ1) is 20.6. The van der Waals surface area contributed by atoms with Crippen LogP contribution in [0.5, 0.6) is 5.75 Å². The van der Waals surface area contributed by atoms with Crippen LogP contribution in [0, 0.1) is 5.92 Å². The molecule has 0 aromatic heterocycles. The van der Waals surface area contributed by atoms with Crippen molar-refractivity contribution in [1.82, 2.24) is 5.32 Å². The number of nitrogens with zero attached hydrogens (tertiary/aromatic N) is 1.